The summed E-state index contributed by atoms with van der Waals surface area (Å²) in [6, 6.07) is 9.81. The molecule has 3 aromatic rings. The molecule has 96 valence electrons. The Hall–Kier alpha value is -1.30. The third-order valence-electron chi connectivity index (χ3n) is 2.54. The summed E-state index contributed by atoms with van der Waals surface area (Å²) in [7, 11) is 1.82. The first-order chi connectivity index (χ1) is 9.26. The molecule has 0 saturated heterocycles. The van der Waals surface area contributed by atoms with Crippen LogP contribution in [0.2, 0.25) is 5.02 Å². The van der Waals surface area contributed by atoms with E-state index in [2.05, 4.69) is 21.4 Å². The van der Waals surface area contributed by atoms with E-state index in [1.165, 1.54) is 0 Å². The van der Waals surface area contributed by atoms with Crippen LogP contribution >= 0.6 is 34.7 Å². The Morgan fingerprint density at radius 3 is 2.68 bits per heavy atom. The zero-order chi connectivity index (χ0) is 13.2. The lowest BCUT2D eigenvalue weighted by Crippen LogP contribution is -1.96. The molecule has 3 nitrogen and oxygen atoms in total. The third kappa shape index (κ3) is 2.68. The highest BCUT2D eigenvalue weighted by molar-refractivity contribution is 7.99. The lowest BCUT2D eigenvalue weighted by molar-refractivity contribution is 1.10. The molecule has 2 aromatic heterocycles. The molecule has 0 amide bonds. The first-order valence-electron chi connectivity index (χ1n) is 5.62. The molecule has 19 heavy (non-hydrogen) atoms. The molecule has 0 radical (unpaired) electrons. The molecular weight excluding hydrogens is 298 g/mol. The topological polar surface area (TPSA) is 37.8 Å². The minimum atomic E-state index is 0.645. The molecule has 0 aliphatic carbocycles. The third-order valence-corrected chi connectivity index (χ3v) is 4.61. The zero-order valence-corrected chi connectivity index (χ0v) is 12.4. The Kier molecular flexibility index (Phi) is 3.59. The SMILES string of the molecule is CNc1nc(Sc2ccc(Cl)cc2)c2ccsc2n1. The van der Waals surface area contributed by atoms with Crippen LogP contribution in [0.4, 0.5) is 5.95 Å². The first kappa shape index (κ1) is 12.7. The van der Waals surface area contributed by atoms with Gasteiger partial charge in [-0.25, -0.2) is 9.97 Å². The molecule has 0 bridgehead atoms. The number of hydrogen-bond acceptors (Lipinski definition) is 5. The second kappa shape index (κ2) is 5.36. The number of thiophene rings is 1. The summed E-state index contributed by atoms with van der Waals surface area (Å²) in [5, 5.41) is 7.81. The highest BCUT2D eigenvalue weighted by Gasteiger charge is 2.09. The van der Waals surface area contributed by atoms with Crippen LogP contribution in [0.25, 0.3) is 10.2 Å². The summed E-state index contributed by atoms with van der Waals surface area (Å²) in [6.45, 7) is 0. The smallest absolute Gasteiger partial charge is 0.224 e. The van der Waals surface area contributed by atoms with Crippen LogP contribution in [0.1, 0.15) is 0 Å². The molecule has 0 aliphatic heterocycles. The number of aromatic nitrogens is 2. The van der Waals surface area contributed by atoms with E-state index < -0.39 is 0 Å². The number of rotatable bonds is 3. The molecule has 1 N–H and O–H groups in total. The van der Waals surface area contributed by atoms with Crippen molar-refractivity contribution in [1.82, 2.24) is 9.97 Å². The second-order valence-electron chi connectivity index (χ2n) is 3.80. The molecule has 0 unspecified atom stereocenters. The van der Waals surface area contributed by atoms with Crippen LogP contribution < -0.4 is 5.32 Å². The summed E-state index contributed by atoms with van der Waals surface area (Å²) in [5.74, 6) is 0.645. The molecule has 0 saturated carbocycles. The highest BCUT2D eigenvalue weighted by atomic mass is 35.5. The van der Waals surface area contributed by atoms with E-state index in [1.807, 2.05) is 36.7 Å². The fourth-order valence-electron chi connectivity index (χ4n) is 1.63. The number of hydrogen-bond donors (Lipinski definition) is 1. The van der Waals surface area contributed by atoms with E-state index in [0.29, 0.717) is 5.95 Å². The summed E-state index contributed by atoms with van der Waals surface area (Å²) in [4.78, 5) is 11.1. The predicted molar refractivity (Wildman–Crippen MR) is 82.5 cm³/mol. The van der Waals surface area contributed by atoms with Crippen LogP contribution in [0.15, 0.2) is 45.6 Å². The lowest BCUT2D eigenvalue weighted by Gasteiger charge is -2.05. The van der Waals surface area contributed by atoms with Crippen molar-refractivity contribution in [2.45, 2.75) is 9.92 Å². The van der Waals surface area contributed by atoms with Crippen molar-refractivity contribution in [1.29, 1.82) is 0 Å². The van der Waals surface area contributed by atoms with Gasteiger partial charge >= 0.3 is 0 Å². The van der Waals surface area contributed by atoms with Crippen molar-refractivity contribution in [2.75, 3.05) is 12.4 Å². The van der Waals surface area contributed by atoms with Crippen molar-refractivity contribution >= 4 is 50.9 Å². The van der Waals surface area contributed by atoms with E-state index in [4.69, 9.17) is 11.6 Å². The number of anilines is 1. The van der Waals surface area contributed by atoms with Gasteiger partial charge < -0.3 is 5.32 Å². The minimum Gasteiger partial charge on any atom is -0.357 e. The van der Waals surface area contributed by atoms with Gasteiger partial charge in [0.1, 0.15) is 9.86 Å². The zero-order valence-electron chi connectivity index (χ0n) is 10.1. The Morgan fingerprint density at radius 1 is 1.16 bits per heavy atom. The van der Waals surface area contributed by atoms with E-state index in [9.17, 15) is 0 Å². The summed E-state index contributed by atoms with van der Waals surface area (Å²) >= 11 is 9.13. The van der Waals surface area contributed by atoms with Gasteiger partial charge in [-0.1, -0.05) is 23.4 Å². The molecule has 1 aromatic carbocycles. The number of fused-ring (bicyclic) bond motifs is 1. The van der Waals surface area contributed by atoms with Crippen LogP contribution in [-0.2, 0) is 0 Å². The van der Waals surface area contributed by atoms with Crippen molar-refractivity contribution in [3.63, 3.8) is 0 Å². The van der Waals surface area contributed by atoms with E-state index in [0.717, 1.165) is 25.2 Å². The van der Waals surface area contributed by atoms with Crippen molar-refractivity contribution < 1.29 is 0 Å². The fraction of sp³-hybridized carbons (Fsp3) is 0.0769. The molecule has 3 rings (SSSR count). The number of nitrogens with one attached hydrogen (secondary N) is 1. The van der Waals surface area contributed by atoms with Gasteiger partial charge in [-0.15, -0.1) is 11.3 Å². The normalized spacial score (nSPS) is 10.8. The monoisotopic (exact) mass is 307 g/mol. The fourth-order valence-corrected chi connectivity index (χ4v) is 3.49. The molecule has 0 spiro atoms. The number of nitrogens with zero attached hydrogens (tertiary/aromatic N) is 2. The first-order valence-corrected chi connectivity index (χ1v) is 7.70. The Balaban J connectivity index is 2.03. The molecular formula is C13H10ClN3S2. The van der Waals surface area contributed by atoms with Crippen LogP contribution in [0, 0.1) is 0 Å². The molecule has 2 heterocycles. The average molecular weight is 308 g/mol. The predicted octanol–water partition coefficient (Wildman–Crippen LogP) is 4.54. The maximum Gasteiger partial charge on any atom is 0.224 e. The average Bonchev–Trinajstić information content (AvgIpc) is 2.89. The lowest BCUT2D eigenvalue weighted by atomic mass is 10.4. The van der Waals surface area contributed by atoms with Gasteiger partial charge in [0, 0.05) is 22.4 Å². The van der Waals surface area contributed by atoms with Crippen LogP contribution in [0.3, 0.4) is 0 Å². The van der Waals surface area contributed by atoms with Crippen molar-refractivity contribution in [2.24, 2.45) is 0 Å². The highest BCUT2D eigenvalue weighted by Crippen LogP contribution is 2.34. The molecule has 0 atom stereocenters. The standard InChI is InChI=1S/C13H10ClN3S2/c1-15-13-16-11-10(6-7-18-11)12(17-13)19-9-4-2-8(14)3-5-9/h2-7H,1H3,(H,15,16,17). The second-order valence-corrected chi connectivity index (χ2v) is 6.19. The van der Waals surface area contributed by atoms with Gasteiger partial charge in [0.25, 0.3) is 0 Å². The molecule has 0 aliphatic rings. The summed E-state index contributed by atoms with van der Waals surface area (Å²) in [6.07, 6.45) is 0. The molecule has 0 fully saturated rings. The van der Waals surface area contributed by atoms with E-state index in [1.54, 1.807) is 23.1 Å². The van der Waals surface area contributed by atoms with Crippen molar-refractivity contribution in [3.05, 3.63) is 40.7 Å². The summed E-state index contributed by atoms with van der Waals surface area (Å²) in [5.41, 5.74) is 0. The van der Waals surface area contributed by atoms with Gasteiger partial charge in [0.05, 0.1) is 0 Å². The Labute approximate surface area is 124 Å². The van der Waals surface area contributed by atoms with Gasteiger partial charge in [0.15, 0.2) is 0 Å². The van der Waals surface area contributed by atoms with Crippen LogP contribution in [-0.4, -0.2) is 17.0 Å². The molecule has 6 heteroatoms. The maximum atomic E-state index is 5.90. The maximum absolute atomic E-state index is 5.90. The number of benzene rings is 1. The van der Waals surface area contributed by atoms with Gasteiger partial charge in [-0.2, -0.15) is 0 Å². The van der Waals surface area contributed by atoms with Crippen molar-refractivity contribution in [3.8, 4) is 0 Å². The van der Waals surface area contributed by atoms with Gasteiger partial charge in [-0.05, 0) is 35.7 Å². The van der Waals surface area contributed by atoms with Crippen LogP contribution in [0.5, 0.6) is 0 Å². The Bertz CT molecular complexity index is 709. The largest absolute Gasteiger partial charge is 0.357 e. The van der Waals surface area contributed by atoms with Gasteiger partial charge in [-0.3, -0.25) is 0 Å². The quantitative estimate of drug-likeness (QED) is 0.721. The summed E-state index contributed by atoms with van der Waals surface area (Å²) < 4.78 is 0. The minimum absolute atomic E-state index is 0.645. The number of halogens is 1. The van der Waals surface area contributed by atoms with E-state index in [-0.39, 0.29) is 0 Å². The van der Waals surface area contributed by atoms with E-state index >= 15 is 0 Å². The Morgan fingerprint density at radius 2 is 1.95 bits per heavy atom. The van der Waals surface area contributed by atoms with Gasteiger partial charge in [0.2, 0.25) is 5.95 Å².